The maximum atomic E-state index is 12.9. The quantitative estimate of drug-likeness (QED) is 0.232. The van der Waals surface area contributed by atoms with Gasteiger partial charge < -0.3 is 23.8 Å². The molecule has 0 N–H and O–H groups in total. The molecule has 0 aromatic heterocycles. The molecule has 0 radical (unpaired) electrons. The summed E-state index contributed by atoms with van der Waals surface area (Å²) in [4.78, 5) is 49.1. The maximum Gasteiger partial charge on any atom is 0.344 e. The van der Waals surface area contributed by atoms with E-state index in [0.29, 0.717) is 17.1 Å². The second-order valence-electron chi connectivity index (χ2n) is 7.11. The molecule has 0 saturated carbocycles. The number of nitrogens with zero attached hydrogens (tertiary/aromatic N) is 3. The molecule has 0 spiro atoms. The van der Waals surface area contributed by atoms with Crippen molar-refractivity contribution in [3.8, 4) is 5.75 Å². The van der Waals surface area contributed by atoms with E-state index in [1.807, 2.05) is 0 Å². The van der Waals surface area contributed by atoms with E-state index < -0.39 is 23.8 Å². The summed E-state index contributed by atoms with van der Waals surface area (Å²) >= 11 is 0. The SMILES string of the molecule is CCOC(=O)COc1ccc(N=Nc2ccc(C(=O)N(CC(=O)OCC)CC(=O)OCC)cc2)cc1. The first kappa shape index (κ1) is 28.0. The number of hydrogen-bond donors (Lipinski definition) is 0. The summed E-state index contributed by atoms with van der Waals surface area (Å²) in [5, 5.41) is 8.26. The number of hydrogen-bond acceptors (Lipinski definition) is 10. The lowest BCUT2D eigenvalue weighted by Crippen LogP contribution is -2.40. The van der Waals surface area contributed by atoms with Crippen LogP contribution in [0.2, 0.25) is 0 Å². The number of amides is 1. The van der Waals surface area contributed by atoms with E-state index in [-0.39, 0.29) is 45.1 Å². The lowest BCUT2D eigenvalue weighted by molar-refractivity contribution is -0.147. The lowest BCUT2D eigenvalue weighted by Gasteiger charge is -2.20. The van der Waals surface area contributed by atoms with Gasteiger partial charge in [-0.1, -0.05) is 0 Å². The van der Waals surface area contributed by atoms with Gasteiger partial charge in [0.1, 0.15) is 18.8 Å². The van der Waals surface area contributed by atoms with E-state index in [9.17, 15) is 19.2 Å². The van der Waals surface area contributed by atoms with E-state index in [4.69, 9.17) is 18.9 Å². The third-order valence-corrected chi connectivity index (χ3v) is 4.43. The molecule has 0 bridgehead atoms. The molecule has 0 heterocycles. The highest BCUT2D eigenvalue weighted by atomic mass is 16.6. The van der Waals surface area contributed by atoms with Gasteiger partial charge in [-0.05, 0) is 69.3 Å². The summed E-state index contributed by atoms with van der Waals surface area (Å²) in [6.45, 7) is 4.67. The van der Waals surface area contributed by atoms with Crippen LogP contribution in [0.1, 0.15) is 31.1 Å². The molecular weight excluding hydrogens is 470 g/mol. The average molecular weight is 500 g/mol. The van der Waals surface area contributed by atoms with Crippen LogP contribution in [0.5, 0.6) is 5.75 Å². The topological polar surface area (TPSA) is 133 Å². The monoisotopic (exact) mass is 499 g/mol. The molecule has 0 aliphatic carbocycles. The second-order valence-corrected chi connectivity index (χ2v) is 7.11. The Morgan fingerprint density at radius 3 is 1.58 bits per heavy atom. The van der Waals surface area contributed by atoms with Gasteiger partial charge in [0.05, 0.1) is 31.2 Å². The predicted molar refractivity (Wildman–Crippen MR) is 128 cm³/mol. The Morgan fingerprint density at radius 1 is 0.667 bits per heavy atom. The molecule has 0 saturated heterocycles. The van der Waals surface area contributed by atoms with Gasteiger partial charge in [-0.25, -0.2) is 4.79 Å². The Labute approximate surface area is 209 Å². The summed E-state index contributed by atoms with van der Waals surface area (Å²) in [6.07, 6.45) is 0. The van der Waals surface area contributed by atoms with Crippen LogP contribution in [-0.4, -0.2) is 68.2 Å². The van der Waals surface area contributed by atoms with Crippen molar-refractivity contribution in [1.29, 1.82) is 0 Å². The van der Waals surface area contributed by atoms with Crippen LogP contribution >= 0.6 is 0 Å². The molecule has 0 aliphatic rings. The highest BCUT2D eigenvalue weighted by molar-refractivity contribution is 5.98. The first-order valence-corrected chi connectivity index (χ1v) is 11.4. The molecule has 0 unspecified atom stereocenters. The van der Waals surface area contributed by atoms with E-state index in [1.54, 1.807) is 57.2 Å². The van der Waals surface area contributed by atoms with Gasteiger partial charge in [0.2, 0.25) is 0 Å². The van der Waals surface area contributed by atoms with Crippen molar-refractivity contribution in [3.05, 3.63) is 54.1 Å². The standard InChI is InChI=1S/C25H29N3O8/c1-4-33-22(29)15-28(16-23(30)34-5-2)25(32)18-7-9-19(10-8-18)26-27-20-11-13-21(14-12-20)36-17-24(31)35-6-3/h7-14H,4-6,15-17H2,1-3H3. The largest absolute Gasteiger partial charge is 0.482 e. The normalized spacial score (nSPS) is 10.5. The van der Waals surface area contributed by atoms with Gasteiger partial charge in [0.25, 0.3) is 5.91 Å². The molecule has 2 aromatic rings. The summed E-state index contributed by atoms with van der Waals surface area (Å²) in [6, 6.07) is 12.8. The van der Waals surface area contributed by atoms with Crippen molar-refractivity contribution in [2.24, 2.45) is 10.2 Å². The van der Waals surface area contributed by atoms with Gasteiger partial charge in [-0.2, -0.15) is 10.2 Å². The van der Waals surface area contributed by atoms with Crippen molar-refractivity contribution in [2.45, 2.75) is 20.8 Å². The average Bonchev–Trinajstić information content (AvgIpc) is 2.87. The molecular formula is C25H29N3O8. The molecule has 192 valence electrons. The second kappa shape index (κ2) is 14.9. The fourth-order valence-electron chi connectivity index (χ4n) is 2.85. The third-order valence-electron chi connectivity index (χ3n) is 4.43. The Bertz CT molecular complexity index is 1030. The van der Waals surface area contributed by atoms with E-state index >= 15 is 0 Å². The number of azo groups is 1. The molecule has 0 atom stereocenters. The van der Waals surface area contributed by atoms with Crippen LogP contribution in [0.3, 0.4) is 0 Å². The zero-order valence-corrected chi connectivity index (χ0v) is 20.5. The van der Waals surface area contributed by atoms with Crippen LogP contribution in [0.4, 0.5) is 11.4 Å². The number of ether oxygens (including phenoxy) is 4. The van der Waals surface area contributed by atoms with Gasteiger partial charge in [-0.15, -0.1) is 0 Å². The van der Waals surface area contributed by atoms with Crippen LogP contribution in [-0.2, 0) is 28.6 Å². The van der Waals surface area contributed by atoms with Gasteiger partial charge in [0, 0.05) is 5.56 Å². The molecule has 11 nitrogen and oxygen atoms in total. The lowest BCUT2D eigenvalue weighted by atomic mass is 10.2. The first-order valence-electron chi connectivity index (χ1n) is 11.4. The molecule has 2 rings (SSSR count). The zero-order chi connectivity index (χ0) is 26.3. The Kier molecular flexibility index (Phi) is 11.5. The number of esters is 3. The Morgan fingerprint density at radius 2 is 1.11 bits per heavy atom. The molecule has 2 aromatic carbocycles. The molecule has 0 aliphatic heterocycles. The van der Waals surface area contributed by atoms with E-state index in [2.05, 4.69) is 10.2 Å². The van der Waals surface area contributed by atoms with Crippen molar-refractivity contribution in [2.75, 3.05) is 39.5 Å². The van der Waals surface area contributed by atoms with E-state index in [1.165, 1.54) is 12.1 Å². The fraction of sp³-hybridized carbons (Fsp3) is 0.360. The minimum absolute atomic E-state index is 0.156. The van der Waals surface area contributed by atoms with Gasteiger partial charge >= 0.3 is 17.9 Å². The smallest absolute Gasteiger partial charge is 0.344 e. The van der Waals surface area contributed by atoms with Crippen LogP contribution < -0.4 is 4.74 Å². The summed E-state index contributed by atoms with van der Waals surface area (Å²) in [7, 11) is 0. The minimum atomic E-state index is -0.627. The number of carbonyl (C=O) groups excluding carboxylic acids is 4. The summed E-state index contributed by atoms with van der Waals surface area (Å²) < 4.78 is 19.9. The number of benzene rings is 2. The van der Waals surface area contributed by atoms with Crippen molar-refractivity contribution < 1.29 is 38.1 Å². The van der Waals surface area contributed by atoms with E-state index in [0.717, 1.165) is 4.90 Å². The minimum Gasteiger partial charge on any atom is -0.482 e. The van der Waals surface area contributed by atoms with Crippen molar-refractivity contribution in [1.82, 2.24) is 4.90 Å². The van der Waals surface area contributed by atoms with Gasteiger partial charge in [-0.3, -0.25) is 14.4 Å². The molecule has 36 heavy (non-hydrogen) atoms. The molecule has 0 fully saturated rings. The third kappa shape index (κ3) is 9.53. The van der Waals surface area contributed by atoms with Crippen LogP contribution in [0.25, 0.3) is 0 Å². The highest BCUT2D eigenvalue weighted by Crippen LogP contribution is 2.22. The van der Waals surface area contributed by atoms with Crippen LogP contribution in [0.15, 0.2) is 58.8 Å². The molecule has 11 heteroatoms. The fourth-order valence-corrected chi connectivity index (χ4v) is 2.85. The maximum absolute atomic E-state index is 12.9. The van der Waals surface area contributed by atoms with Crippen LogP contribution in [0, 0.1) is 0 Å². The first-order chi connectivity index (χ1) is 17.4. The van der Waals surface area contributed by atoms with Crippen molar-refractivity contribution in [3.63, 3.8) is 0 Å². The summed E-state index contributed by atoms with van der Waals surface area (Å²) in [5.74, 6) is -1.75. The molecule has 1 amide bonds. The highest BCUT2D eigenvalue weighted by Gasteiger charge is 2.23. The van der Waals surface area contributed by atoms with Crippen molar-refractivity contribution >= 4 is 35.2 Å². The van der Waals surface area contributed by atoms with Gasteiger partial charge in [0.15, 0.2) is 6.61 Å². The zero-order valence-electron chi connectivity index (χ0n) is 20.5. The Balaban J connectivity index is 2.02. The Hall–Kier alpha value is -4.28. The predicted octanol–water partition coefficient (Wildman–Crippen LogP) is 3.61. The number of rotatable bonds is 13. The summed E-state index contributed by atoms with van der Waals surface area (Å²) in [5.41, 5.74) is 1.29. The number of carbonyl (C=O) groups is 4.